The molecule has 4 nitrogen and oxygen atoms in total. The van der Waals surface area contributed by atoms with Gasteiger partial charge in [0, 0.05) is 12.1 Å². The number of carbonyl (C=O) groups excluding carboxylic acids is 2. The third kappa shape index (κ3) is 3.45. The Kier molecular flexibility index (Phi) is 5.17. The summed E-state index contributed by atoms with van der Waals surface area (Å²) in [6.07, 6.45) is 2.51. The molecule has 1 saturated carbocycles. The average Bonchev–Trinajstić information content (AvgIpc) is 2.95. The number of benzene rings is 2. The maximum atomic E-state index is 13.6. The second-order valence-corrected chi connectivity index (χ2v) is 8.08. The van der Waals surface area contributed by atoms with Crippen molar-refractivity contribution >= 4 is 23.3 Å². The molecular weight excluding hydrogens is 400 g/mol. The number of amides is 1. The van der Waals surface area contributed by atoms with Crippen LogP contribution in [0.1, 0.15) is 37.2 Å². The summed E-state index contributed by atoms with van der Waals surface area (Å²) in [5.74, 6) is -3.51. The maximum Gasteiger partial charge on any atom is 0.236 e. The van der Waals surface area contributed by atoms with Crippen LogP contribution in [0.25, 0.3) is 11.1 Å². The summed E-state index contributed by atoms with van der Waals surface area (Å²) in [5, 5.41) is 3.19. The van der Waals surface area contributed by atoms with Crippen molar-refractivity contribution in [3.05, 3.63) is 58.6 Å². The maximum absolute atomic E-state index is 13.6. The Bertz CT molecular complexity index is 986. The number of hydrogen-bond acceptors (Lipinski definition) is 3. The first-order chi connectivity index (χ1) is 13.8. The van der Waals surface area contributed by atoms with Crippen molar-refractivity contribution in [2.75, 3.05) is 7.11 Å². The van der Waals surface area contributed by atoms with Gasteiger partial charge in [-0.15, -0.1) is 0 Å². The minimum atomic E-state index is -1.02. The largest absolute Gasteiger partial charge is 0.381 e. The summed E-state index contributed by atoms with van der Waals surface area (Å²) in [5.41, 5.74) is 0.469. The Labute approximate surface area is 172 Å². The summed E-state index contributed by atoms with van der Waals surface area (Å²) in [6, 6.07) is 8.38. The molecule has 0 radical (unpaired) electrons. The van der Waals surface area contributed by atoms with Gasteiger partial charge in [-0.05, 0) is 66.6 Å². The highest BCUT2D eigenvalue weighted by Crippen LogP contribution is 2.42. The third-order valence-electron chi connectivity index (χ3n) is 6.04. The highest BCUT2D eigenvalue weighted by atomic mass is 35.5. The molecule has 1 amide bonds. The van der Waals surface area contributed by atoms with E-state index in [2.05, 4.69) is 5.32 Å². The molecule has 1 saturated heterocycles. The summed E-state index contributed by atoms with van der Waals surface area (Å²) >= 11 is 6.34. The smallest absolute Gasteiger partial charge is 0.236 e. The first-order valence-corrected chi connectivity index (χ1v) is 9.86. The van der Waals surface area contributed by atoms with E-state index >= 15 is 0 Å². The minimum absolute atomic E-state index is 0.0877. The molecule has 4 rings (SSSR count). The Balaban J connectivity index is 1.68. The second kappa shape index (κ2) is 7.50. The number of methoxy groups -OCH3 is 1. The van der Waals surface area contributed by atoms with E-state index in [-0.39, 0.29) is 22.8 Å². The lowest BCUT2D eigenvalue weighted by molar-refractivity contribution is -0.126. The van der Waals surface area contributed by atoms with Gasteiger partial charge in [0.25, 0.3) is 0 Å². The average molecular weight is 420 g/mol. The Hall–Kier alpha value is -2.31. The molecule has 1 unspecified atom stereocenters. The first-order valence-electron chi connectivity index (χ1n) is 9.48. The molecule has 2 fully saturated rings. The van der Waals surface area contributed by atoms with Gasteiger partial charge in [0.15, 0.2) is 17.4 Å². The number of ether oxygens (including phenoxy) is 1. The van der Waals surface area contributed by atoms with Crippen LogP contribution in [-0.2, 0) is 14.3 Å². The van der Waals surface area contributed by atoms with E-state index in [0.717, 1.165) is 12.1 Å². The van der Waals surface area contributed by atoms with Gasteiger partial charge >= 0.3 is 0 Å². The van der Waals surface area contributed by atoms with Gasteiger partial charge in [0.1, 0.15) is 5.92 Å². The van der Waals surface area contributed by atoms with Crippen molar-refractivity contribution in [2.45, 2.75) is 43.2 Å². The zero-order valence-electron chi connectivity index (χ0n) is 15.8. The molecule has 1 aliphatic heterocycles. The van der Waals surface area contributed by atoms with Crippen molar-refractivity contribution in [1.29, 1.82) is 0 Å². The van der Waals surface area contributed by atoms with Crippen LogP contribution in [0.5, 0.6) is 0 Å². The Morgan fingerprint density at radius 1 is 1.03 bits per heavy atom. The van der Waals surface area contributed by atoms with Crippen molar-refractivity contribution in [3.63, 3.8) is 0 Å². The summed E-state index contributed by atoms with van der Waals surface area (Å²) in [6.45, 7) is 0. The van der Waals surface area contributed by atoms with Gasteiger partial charge in [0.05, 0.1) is 11.6 Å². The number of carbonyl (C=O) groups is 2. The highest BCUT2D eigenvalue weighted by Gasteiger charge is 2.54. The van der Waals surface area contributed by atoms with Crippen molar-refractivity contribution in [1.82, 2.24) is 5.32 Å². The van der Waals surface area contributed by atoms with E-state index < -0.39 is 23.1 Å². The van der Waals surface area contributed by atoms with Crippen LogP contribution in [0.2, 0.25) is 5.02 Å². The Morgan fingerprint density at radius 3 is 2.34 bits per heavy atom. The van der Waals surface area contributed by atoms with Gasteiger partial charge in [-0.3, -0.25) is 9.59 Å². The molecule has 1 aliphatic carbocycles. The third-order valence-corrected chi connectivity index (χ3v) is 6.38. The first kappa shape index (κ1) is 20.0. The number of Topliss-reactive ketones (excluding diaryl/α,β-unsaturated/α-hetero) is 1. The summed E-state index contributed by atoms with van der Waals surface area (Å²) in [7, 11) is 1.64. The lowest BCUT2D eigenvalue weighted by Crippen LogP contribution is -2.50. The monoisotopic (exact) mass is 419 g/mol. The highest BCUT2D eigenvalue weighted by molar-refractivity contribution is 6.33. The van der Waals surface area contributed by atoms with Crippen LogP contribution >= 0.6 is 11.6 Å². The quantitative estimate of drug-likeness (QED) is 0.750. The molecule has 2 aromatic rings. The van der Waals surface area contributed by atoms with Crippen LogP contribution in [0, 0.1) is 11.6 Å². The fraction of sp³-hybridized carbons (Fsp3) is 0.364. The SMILES string of the molecule is COC1CCC2(CC1)NC(=O)C(c1cc(-c3ccc(F)c(F)c3)ccc1Cl)C2=O. The second-order valence-electron chi connectivity index (χ2n) is 7.67. The molecule has 2 aromatic carbocycles. The molecule has 1 spiro atoms. The van der Waals surface area contributed by atoms with Crippen LogP contribution < -0.4 is 5.32 Å². The fourth-order valence-electron chi connectivity index (χ4n) is 4.36. The van der Waals surface area contributed by atoms with E-state index in [1.807, 2.05) is 0 Å². The molecule has 152 valence electrons. The number of ketones is 1. The molecule has 7 heteroatoms. The fourth-order valence-corrected chi connectivity index (χ4v) is 4.59. The lowest BCUT2D eigenvalue weighted by atomic mass is 9.76. The number of hydrogen-bond donors (Lipinski definition) is 1. The predicted octanol–water partition coefficient (Wildman–Crippen LogP) is 4.40. The lowest BCUT2D eigenvalue weighted by Gasteiger charge is -2.35. The van der Waals surface area contributed by atoms with Gasteiger partial charge in [-0.2, -0.15) is 0 Å². The molecular formula is C22H20ClF2NO3. The van der Waals surface area contributed by atoms with Crippen LogP contribution in [0.4, 0.5) is 8.78 Å². The van der Waals surface area contributed by atoms with Crippen LogP contribution in [-0.4, -0.2) is 30.4 Å². The predicted molar refractivity (Wildman–Crippen MR) is 105 cm³/mol. The van der Waals surface area contributed by atoms with E-state index in [1.165, 1.54) is 6.07 Å². The van der Waals surface area contributed by atoms with E-state index in [4.69, 9.17) is 16.3 Å². The van der Waals surface area contributed by atoms with Crippen molar-refractivity contribution < 1.29 is 23.1 Å². The van der Waals surface area contributed by atoms with Gasteiger partial charge in [0.2, 0.25) is 5.91 Å². The van der Waals surface area contributed by atoms with Gasteiger partial charge in [-0.1, -0.05) is 23.7 Å². The minimum Gasteiger partial charge on any atom is -0.381 e. The van der Waals surface area contributed by atoms with E-state index in [9.17, 15) is 18.4 Å². The molecule has 1 N–H and O–H groups in total. The molecule has 0 bridgehead atoms. The number of halogens is 3. The normalized spacial score (nSPS) is 26.8. The van der Waals surface area contributed by atoms with E-state index in [1.54, 1.807) is 25.3 Å². The van der Waals surface area contributed by atoms with Gasteiger partial charge < -0.3 is 10.1 Å². The van der Waals surface area contributed by atoms with E-state index in [0.29, 0.717) is 42.4 Å². The molecule has 2 aliphatic rings. The van der Waals surface area contributed by atoms with Gasteiger partial charge in [-0.25, -0.2) is 8.78 Å². The van der Waals surface area contributed by atoms with Crippen molar-refractivity contribution in [2.24, 2.45) is 0 Å². The molecule has 1 atom stereocenters. The van der Waals surface area contributed by atoms with Crippen molar-refractivity contribution in [3.8, 4) is 11.1 Å². The topological polar surface area (TPSA) is 55.4 Å². The molecule has 29 heavy (non-hydrogen) atoms. The number of nitrogens with one attached hydrogen (secondary N) is 1. The molecule has 1 heterocycles. The zero-order valence-corrected chi connectivity index (χ0v) is 16.6. The summed E-state index contributed by atoms with van der Waals surface area (Å²) in [4.78, 5) is 26.1. The van der Waals surface area contributed by atoms with Crippen LogP contribution in [0.3, 0.4) is 0 Å². The molecule has 0 aromatic heterocycles. The Morgan fingerprint density at radius 2 is 1.69 bits per heavy atom. The number of rotatable bonds is 3. The standard InChI is InChI=1S/C22H20ClF2NO3/c1-29-14-6-8-22(9-7-14)20(27)19(21(28)26-22)15-10-12(2-4-16(15)23)13-3-5-17(24)18(25)11-13/h2-5,10-11,14,19H,6-9H2,1H3,(H,26,28). The zero-order chi connectivity index (χ0) is 20.8. The summed E-state index contributed by atoms with van der Waals surface area (Å²) < 4.78 is 32.3. The van der Waals surface area contributed by atoms with Crippen LogP contribution in [0.15, 0.2) is 36.4 Å².